The van der Waals surface area contributed by atoms with Crippen molar-refractivity contribution in [3.63, 3.8) is 0 Å². The monoisotopic (exact) mass is 326 g/mol. The summed E-state index contributed by atoms with van der Waals surface area (Å²) in [6.07, 6.45) is 0. The molecule has 0 bridgehead atoms. The molecule has 0 atom stereocenters. The molecule has 0 radical (unpaired) electrons. The average Bonchev–Trinajstić information content (AvgIpc) is 2.81. The highest BCUT2D eigenvalue weighted by Gasteiger charge is 2.19. The number of methoxy groups -OCH3 is 1. The van der Waals surface area contributed by atoms with Gasteiger partial charge >= 0.3 is 5.97 Å². The Bertz CT molecular complexity index is 781. The number of carbonyl (C=O) groups is 1. The van der Waals surface area contributed by atoms with Crippen molar-refractivity contribution in [2.75, 3.05) is 11.8 Å². The number of hydrogen-bond donors (Lipinski definition) is 1. The van der Waals surface area contributed by atoms with E-state index in [1.807, 2.05) is 0 Å². The molecule has 0 spiro atoms. The van der Waals surface area contributed by atoms with E-state index in [-0.39, 0.29) is 4.90 Å². The Hall–Kier alpha value is -1.93. The normalized spacial score (nSPS) is 11.2. The first kappa shape index (κ1) is 15.5. The van der Waals surface area contributed by atoms with E-state index in [1.165, 1.54) is 36.6 Å². The molecular formula is C13H14N2O4S2. The first-order chi connectivity index (χ1) is 9.83. The topological polar surface area (TPSA) is 85.4 Å². The smallest absolute Gasteiger partial charge is 0.337 e. The number of nitrogens with one attached hydrogen (secondary N) is 1. The molecule has 8 heteroatoms. The third kappa shape index (κ3) is 3.40. The van der Waals surface area contributed by atoms with Crippen molar-refractivity contribution in [3.05, 3.63) is 40.4 Å². The second-order valence-corrected chi connectivity index (χ2v) is 6.88. The van der Waals surface area contributed by atoms with Gasteiger partial charge in [0.25, 0.3) is 10.0 Å². The van der Waals surface area contributed by atoms with Gasteiger partial charge in [0.15, 0.2) is 5.13 Å². The Morgan fingerprint density at radius 1 is 1.33 bits per heavy atom. The molecule has 0 amide bonds. The van der Waals surface area contributed by atoms with Crippen LogP contribution in [0.15, 0.2) is 28.5 Å². The van der Waals surface area contributed by atoms with Crippen LogP contribution in [0.1, 0.15) is 21.6 Å². The molecule has 0 saturated carbocycles. The first-order valence-electron chi connectivity index (χ1n) is 5.97. The van der Waals surface area contributed by atoms with E-state index in [9.17, 15) is 13.2 Å². The minimum atomic E-state index is -3.73. The van der Waals surface area contributed by atoms with E-state index in [1.54, 1.807) is 19.2 Å². The van der Waals surface area contributed by atoms with Crippen LogP contribution in [0.5, 0.6) is 0 Å². The number of esters is 1. The fraction of sp³-hybridized carbons (Fsp3) is 0.231. The standard InChI is InChI=1S/C13H14N2O4S2/c1-8-6-10(12(16)19-3)4-5-11(8)21(17,18)15-13-14-9(2)7-20-13/h4-7H,1-3H3,(H,14,15). The molecule has 1 aromatic heterocycles. The van der Waals surface area contributed by atoms with Crippen molar-refractivity contribution < 1.29 is 17.9 Å². The Labute approximate surface area is 126 Å². The van der Waals surface area contributed by atoms with Crippen LogP contribution in [-0.4, -0.2) is 26.5 Å². The summed E-state index contributed by atoms with van der Waals surface area (Å²) in [6, 6.07) is 4.28. The van der Waals surface area contributed by atoms with E-state index in [0.717, 1.165) is 5.69 Å². The SMILES string of the molecule is COC(=O)c1ccc(S(=O)(=O)Nc2nc(C)cs2)c(C)c1. The number of sulfonamides is 1. The highest BCUT2D eigenvalue weighted by Crippen LogP contribution is 2.22. The number of carbonyl (C=O) groups excluding carboxylic acids is 1. The van der Waals surface area contributed by atoms with Crippen LogP contribution in [0.3, 0.4) is 0 Å². The summed E-state index contributed by atoms with van der Waals surface area (Å²) < 4.78 is 31.7. The van der Waals surface area contributed by atoms with Crippen LogP contribution in [-0.2, 0) is 14.8 Å². The number of thiazole rings is 1. The Kier molecular flexibility index (Phi) is 4.29. The predicted molar refractivity (Wildman–Crippen MR) is 80.2 cm³/mol. The van der Waals surface area contributed by atoms with Gasteiger partial charge in [0.05, 0.1) is 23.3 Å². The van der Waals surface area contributed by atoms with Gasteiger partial charge in [-0.2, -0.15) is 0 Å². The maximum atomic E-state index is 12.3. The summed E-state index contributed by atoms with van der Waals surface area (Å²) >= 11 is 1.21. The van der Waals surface area contributed by atoms with E-state index >= 15 is 0 Å². The van der Waals surface area contributed by atoms with Gasteiger partial charge in [-0.05, 0) is 37.6 Å². The minimum Gasteiger partial charge on any atom is -0.465 e. The Morgan fingerprint density at radius 2 is 2.05 bits per heavy atom. The number of nitrogens with zero attached hydrogens (tertiary/aromatic N) is 1. The summed E-state index contributed by atoms with van der Waals surface area (Å²) in [5, 5.41) is 2.06. The summed E-state index contributed by atoms with van der Waals surface area (Å²) in [6.45, 7) is 3.40. The molecular weight excluding hydrogens is 312 g/mol. The second kappa shape index (κ2) is 5.82. The lowest BCUT2D eigenvalue weighted by molar-refractivity contribution is 0.0600. The molecule has 0 aliphatic heterocycles. The highest BCUT2D eigenvalue weighted by atomic mass is 32.2. The zero-order valence-corrected chi connectivity index (χ0v) is 13.3. The van der Waals surface area contributed by atoms with Gasteiger partial charge in [0.2, 0.25) is 0 Å². The van der Waals surface area contributed by atoms with Crippen LogP contribution in [0, 0.1) is 13.8 Å². The molecule has 0 unspecified atom stereocenters. The fourth-order valence-corrected chi connectivity index (χ4v) is 3.94. The zero-order valence-electron chi connectivity index (χ0n) is 11.7. The van der Waals surface area contributed by atoms with Crippen molar-refractivity contribution in [2.24, 2.45) is 0 Å². The van der Waals surface area contributed by atoms with E-state index in [0.29, 0.717) is 16.3 Å². The summed E-state index contributed by atoms with van der Waals surface area (Å²) in [5.41, 5.74) is 1.51. The number of benzene rings is 1. The Morgan fingerprint density at radius 3 is 2.57 bits per heavy atom. The molecule has 1 heterocycles. The van der Waals surface area contributed by atoms with Crippen LogP contribution in [0.2, 0.25) is 0 Å². The lowest BCUT2D eigenvalue weighted by atomic mass is 10.1. The van der Waals surface area contributed by atoms with Crippen molar-refractivity contribution in [1.82, 2.24) is 4.98 Å². The molecule has 2 aromatic rings. The van der Waals surface area contributed by atoms with E-state index in [2.05, 4.69) is 14.4 Å². The average molecular weight is 326 g/mol. The quantitative estimate of drug-likeness (QED) is 0.872. The maximum Gasteiger partial charge on any atom is 0.337 e. The van der Waals surface area contributed by atoms with Gasteiger partial charge < -0.3 is 4.74 Å². The third-order valence-corrected chi connectivity index (χ3v) is 5.23. The number of aromatic nitrogens is 1. The lowest BCUT2D eigenvalue weighted by Gasteiger charge is -2.09. The van der Waals surface area contributed by atoms with Crippen molar-refractivity contribution in [3.8, 4) is 0 Å². The molecule has 0 fully saturated rings. The van der Waals surface area contributed by atoms with Gasteiger partial charge in [-0.25, -0.2) is 18.2 Å². The molecule has 0 saturated heterocycles. The van der Waals surface area contributed by atoms with E-state index < -0.39 is 16.0 Å². The molecule has 0 aliphatic rings. The largest absolute Gasteiger partial charge is 0.465 e. The first-order valence-corrected chi connectivity index (χ1v) is 8.33. The van der Waals surface area contributed by atoms with Crippen molar-refractivity contribution in [1.29, 1.82) is 0 Å². The fourth-order valence-electron chi connectivity index (χ4n) is 1.77. The van der Waals surface area contributed by atoms with Crippen LogP contribution < -0.4 is 4.72 Å². The second-order valence-electron chi connectivity index (χ2n) is 4.37. The molecule has 6 nitrogen and oxygen atoms in total. The molecule has 1 aromatic carbocycles. The summed E-state index contributed by atoms with van der Waals surface area (Å²) in [4.78, 5) is 15.6. The number of rotatable bonds is 4. The molecule has 112 valence electrons. The molecule has 0 aliphatic carbocycles. The molecule has 1 N–H and O–H groups in total. The molecule has 2 rings (SSSR count). The number of hydrogen-bond acceptors (Lipinski definition) is 6. The van der Waals surface area contributed by atoms with Gasteiger partial charge in [-0.1, -0.05) is 0 Å². The van der Waals surface area contributed by atoms with E-state index in [4.69, 9.17) is 0 Å². The minimum absolute atomic E-state index is 0.100. The summed E-state index contributed by atoms with van der Waals surface area (Å²) in [5.74, 6) is -0.509. The van der Waals surface area contributed by atoms with Crippen LogP contribution in [0.25, 0.3) is 0 Å². The van der Waals surface area contributed by atoms with Crippen molar-refractivity contribution in [2.45, 2.75) is 18.7 Å². The van der Waals surface area contributed by atoms with Gasteiger partial charge in [-0.3, -0.25) is 4.72 Å². The van der Waals surface area contributed by atoms with Crippen LogP contribution in [0.4, 0.5) is 5.13 Å². The Balaban J connectivity index is 2.34. The number of ether oxygens (including phenoxy) is 1. The number of anilines is 1. The van der Waals surface area contributed by atoms with Gasteiger partial charge in [0, 0.05) is 5.38 Å². The van der Waals surface area contributed by atoms with Gasteiger partial charge in [-0.15, -0.1) is 11.3 Å². The van der Waals surface area contributed by atoms with Gasteiger partial charge in [0.1, 0.15) is 0 Å². The highest BCUT2D eigenvalue weighted by molar-refractivity contribution is 7.93. The maximum absolute atomic E-state index is 12.3. The van der Waals surface area contributed by atoms with Crippen molar-refractivity contribution >= 4 is 32.5 Å². The summed E-state index contributed by atoms with van der Waals surface area (Å²) in [7, 11) is -2.46. The third-order valence-electron chi connectivity index (χ3n) is 2.73. The lowest BCUT2D eigenvalue weighted by Crippen LogP contribution is -2.15. The molecule has 21 heavy (non-hydrogen) atoms. The predicted octanol–water partition coefficient (Wildman–Crippen LogP) is 2.35. The number of aryl methyl sites for hydroxylation is 2. The zero-order chi connectivity index (χ0) is 15.6. The van der Waals surface area contributed by atoms with Crippen LogP contribution >= 0.6 is 11.3 Å².